The van der Waals surface area contributed by atoms with Gasteiger partial charge in [0, 0.05) is 17.1 Å². The number of benzene rings is 2. The predicted molar refractivity (Wildman–Crippen MR) is 125 cm³/mol. The zero-order valence-electron chi connectivity index (χ0n) is 19.2. The standard InChI is InChI=1S/C25H33ClN2O3/c1-17(2)20-9-13-22(14-10-20)31-16-23(29)28(15-19-7-11-21(26)12-8-19)18(3)24(30)27-25(4,5)6/h7-14,17-18H,15-16H2,1-6H3,(H,27,30)/t18-/m1/s1. The average Bonchev–Trinajstić information content (AvgIpc) is 2.70. The van der Waals surface area contributed by atoms with Gasteiger partial charge in [-0.3, -0.25) is 9.59 Å². The zero-order chi connectivity index (χ0) is 23.2. The van der Waals surface area contributed by atoms with E-state index < -0.39 is 11.6 Å². The van der Waals surface area contributed by atoms with Crippen LogP contribution < -0.4 is 10.1 Å². The van der Waals surface area contributed by atoms with Crippen molar-refractivity contribution < 1.29 is 14.3 Å². The van der Waals surface area contributed by atoms with Gasteiger partial charge in [-0.1, -0.05) is 49.7 Å². The lowest BCUT2D eigenvalue weighted by Crippen LogP contribution is -2.53. The van der Waals surface area contributed by atoms with Gasteiger partial charge in [-0.15, -0.1) is 0 Å². The molecular formula is C25H33ClN2O3. The van der Waals surface area contributed by atoms with Gasteiger partial charge in [0.2, 0.25) is 5.91 Å². The fourth-order valence-corrected chi connectivity index (χ4v) is 3.15. The number of rotatable bonds is 8. The Morgan fingerprint density at radius 2 is 1.58 bits per heavy atom. The lowest BCUT2D eigenvalue weighted by atomic mass is 10.0. The summed E-state index contributed by atoms with van der Waals surface area (Å²) in [6.07, 6.45) is 0. The van der Waals surface area contributed by atoms with Crippen molar-refractivity contribution in [2.75, 3.05) is 6.61 Å². The van der Waals surface area contributed by atoms with Crippen LogP contribution in [0.1, 0.15) is 58.6 Å². The summed E-state index contributed by atoms with van der Waals surface area (Å²) in [7, 11) is 0. The Balaban J connectivity index is 2.14. The van der Waals surface area contributed by atoms with Crippen LogP contribution in [0.25, 0.3) is 0 Å². The molecule has 2 aromatic carbocycles. The van der Waals surface area contributed by atoms with Gasteiger partial charge in [0.05, 0.1) is 0 Å². The normalized spacial score (nSPS) is 12.4. The van der Waals surface area contributed by atoms with E-state index in [1.165, 1.54) is 10.5 Å². The van der Waals surface area contributed by atoms with Crippen LogP contribution in [0.2, 0.25) is 5.02 Å². The first-order chi connectivity index (χ1) is 14.5. The van der Waals surface area contributed by atoms with E-state index in [0.29, 0.717) is 16.7 Å². The highest BCUT2D eigenvalue weighted by Gasteiger charge is 2.28. The molecular weight excluding hydrogens is 412 g/mol. The summed E-state index contributed by atoms with van der Waals surface area (Å²) in [4.78, 5) is 27.4. The number of nitrogens with one attached hydrogen (secondary N) is 1. The first-order valence-electron chi connectivity index (χ1n) is 10.5. The van der Waals surface area contributed by atoms with Crippen LogP contribution in [0, 0.1) is 0 Å². The van der Waals surface area contributed by atoms with Gasteiger partial charge in [0.15, 0.2) is 6.61 Å². The van der Waals surface area contributed by atoms with E-state index in [4.69, 9.17) is 16.3 Å². The van der Waals surface area contributed by atoms with Crippen LogP contribution in [0.15, 0.2) is 48.5 Å². The molecule has 31 heavy (non-hydrogen) atoms. The van der Waals surface area contributed by atoms with Gasteiger partial charge in [-0.2, -0.15) is 0 Å². The summed E-state index contributed by atoms with van der Waals surface area (Å²) in [5, 5.41) is 3.56. The zero-order valence-corrected chi connectivity index (χ0v) is 20.0. The molecule has 2 amide bonds. The van der Waals surface area contributed by atoms with Crippen LogP contribution >= 0.6 is 11.6 Å². The van der Waals surface area contributed by atoms with Gasteiger partial charge < -0.3 is 15.0 Å². The number of hydrogen-bond donors (Lipinski definition) is 1. The van der Waals surface area contributed by atoms with E-state index in [0.717, 1.165) is 5.56 Å². The lowest BCUT2D eigenvalue weighted by Gasteiger charge is -2.31. The number of carbonyl (C=O) groups is 2. The van der Waals surface area contributed by atoms with Gasteiger partial charge >= 0.3 is 0 Å². The van der Waals surface area contributed by atoms with Crippen molar-refractivity contribution in [2.45, 2.75) is 65.6 Å². The molecule has 1 N–H and O–H groups in total. The van der Waals surface area contributed by atoms with Crippen molar-refractivity contribution >= 4 is 23.4 Å². The third-order valence-electron chi connectivity index (χ3n) is 4.84. The first-order valence-corrected chi connectivity index (χ1v) is 10.9. The average molecular weight is 445 g/mol. The fourth-order valence-electron chi connectivity index (χ4n) is 3.02. The minimum atomic E-state index is -0.658. The second kappa shape index (κ2) is 10.7. The smallest absolute Gasteiger partial charge is 0.261 e. The van der Waals surface area contributed by atoms with E-state index in [1.807, 2.05) is 57.2 Å². The Kier molecular flexibility index (Phi) is 8.52. The molecule has 0 fully saturated rings. The van der Waals surface area contributed by atoms with Crippen molar-refractivity contribution in [3.05, 3.63) is 64.7 Å². The predicted octanol–water partition coefficient (Wildman–Crippen LogP) is 5.17. The molecule has 2 aromatic rings. The molecule has 1 atom stereocenters. The molecule has 0 aliphatic carbocycles. The molecule has 0 radical (unpaired) electrons. The number of carbonyl (C=O) groups excluding carboxylic acids is 2. The molecule has 0 saturated heterocycles. The van der Waals surface area contributed by atoms with Crippen LogP contribution in [-0.2, 0) is 16.1 Å². The summed E-state index contributed by atoms with van der Waals surface area (Å²) >= 11 is 5.98. The van der Waals surface area contributed by atoms with Crippen molar-refractivity contribution in [1.29, 1.82) is 0 Å². The Morgan fingerprint density at radius 3 is 2.10 bits per heavy atom. The Labute approximate surface area is 190 Å². The summed E-state index contributed by atoms with van der Waals surface area (Å²) < 4.78 is 5.73. The molecule has 2 rings (SSSR count). The van der Waals surface area contributed by atoms with Gasteiger partial charge in [0.1, 0.15) is 11.8 Å². The lowest BCUT2D eigenvalue weighted by molar-refractivity contribution is -0.142. The minimum Gasteiger partial charge on any atom is -0.484 e. The van der Waals surface area contributed by atoms with Gasteiger partial charge in [-0.25, -0.2) is 0 Å². The number of halogens is 1. The number of amides is 2. The Bertz CT molecular complexity index is 871. The largest absolute Gasteiger partial charge is 0.484 e. The van der Waals surface area contributed by atoms with Crippen LogP contribution in [0.4, 0.5) is 0 Å². The highest BCUT2D eigenvalue weighted by molar-refractivity contribution is 6.30. The first kappa shape index (κ1) is 24.7. The molecule has 0 heterocycles. The Morgan fingerprint density at radius 1 is 1.00 bits per heavy atom. The van der Waals surface area contributed by atoms with Crippen LogP contribution in [-0.4, -0.2) is 34.9 Å². The molecule has 0 aromatic heterocycles. The minimum absolute atomic E-state index is 0.151. The maximum Gasteiger partial charge on any atom is 0.261 e. The summed E-state index contributed by atoms with van der Waals surface area (Å²) in [6, 6.07) is 14.3. The second-order valence-corrected chi connectivity index (χ2v) is 9.51. The monoisotopic (exact) mass is 444 g/mol. The van der Waals surface area contributed by atoms with Gasteiger partial charge in [0.25, 0.3) is 5.91 Å². The van der Waals surface area contributed by atoms with Gasteiger partial charge in [-0.05, 0) is 69.0 Å². The number of ether oxygens (including phenoxy) is 1. The Hall–Kier alpha value is -2.53. The molecule has 0 saturated carbocycles. The summed E-state index contributed by atoms with van der Waals surface area (Å²) in [6.45, 7) is 11.8. The van der Waals surface area contributed by atoms with E-state index in [-0.39, 0.29) is 25.0 Å². The molecule has 0 bridgehead atoms. The van der Waals surface area contributed by atoms with Crippen molar-refractivity contribution in [3.8, 4) is 5.75 Å². The molecule has 0 aliphatic rings. The highest BCUT2D eigenvalue weighted by Crippen LogP contribution is 2.19. The SMILES string of the molecule is CC(C)c1ccc(OCC(=O)N(Cc2ccc(Cl)cc2)[C@H](C)C(=O)NC(C)(C)C)cc1. The number of hydrogen-bond acceptors (Lipinski definition) is 3. The third-order valence-corrected chi connectivity index (χ3v) is 5.09. The third kappa shape index (κ3) is 7.91. The second-order valence-electron chi connectivity index (χ2n) is 9.08. The fraction of sp³-hybridized carbons (Fsp3) is 0.440. The summed E-state index contributed by atoms with van der Waals surface area (Å²) in [5.41, 5.74) is 1.69. The van der Waals surface area contributed by atoms with E-state index >= 15 is 0 Å². The summed E-state index contributed by atoms with van der Waals surface area (Å²) in [5.74, 6) is 0.569. The van der Waals surface area contributed by atoms with Crippen molar-refractivity contribution in [3.63, 3.8) is 0 Å². The molecule has 6 heteroatoms. The maximum atomic E-state index is 13.1. The van der Waals surface area contributed by atoms with E-state index in [2.05, 4.69) is 19.2 Å². The van der Waals surface area contributed by atoms with Crippen LogP contribution in [0.5, 0.6) is 5.75 Å². The van der Waals surface area contributed by atoms with E-state index in [1.54, 1.807) is 19.1 Å². The van der Waals surface area contributed by atoms with Crippen LogP contribution in [0.3, 0.4) is 0 Å². The van der Waals surface area contributed by atoms with E-state index in [9.17, 15) is 9.59 Å². The van der Waals surface area contributed by atoms with Crippen molar-refractivity contribution in [2.24, 2.45) is 0 Å². The highest BCUT2D eigenvalue weighted by atomic mass is 35.5. The molecule has 168 valence electrons. The van der Waals surface area contributed by atoms with Crippen molar-refractivity contribution in [1.82, 2.24) is 10.2 Å². The molecule has 0 aliphatic heterocycles. The molecule has 0 unspecified atom stereocenters. The topological polar surface area (TPSA) is 58.6 Å². The maximum absolute atomic E-state index is 13.1. The number of nitrogens with zero attached hydrogens (tertiary/aromatic N) is 1. The molecule has 0 spiro atoms. The quantitative estimate of drug-likeness (QED) is 0.610. The molecule has 5 nitrogen and oxygen atoms in total.